The molecule has 0 aliphatic carbocycles. The first kappa shape index (κ1) is 34.8. The van der Waals surface area contributed by atoms with Gasteiger partial charge in [-0.15, -0.1) is 0 Å². The average molecular weight is 579 g/mol. The van der Waals surface area contributed by atoms with E-state index in [1.807, 2.05) is 0 Å². The van der Waals surface area contributed by atoms with E-state index in [2.05, 4.69) is 13.8 Å². The van der Waals surface area contributed by atoms with Crippen molar-refractivity contribution >= 4 is 68.7 Å². The van der Waals surface area contributed by atoms with Gasteiger partial charge >= 0.3 is 37.7 Å². The number of fused-ring (bicyclic) bond motifs is 1. The molecule has 0 aromatic heterocycles. The van der Waals surface area contributed by atoms with Gasteiger partial charge in [0.05, 0.1) is 9.79 Å². The van der Waals surface area contributed by atoms with Gasteiger partial charge in [0.1, 0.15) is 20.2 Å². The summed E-state index contributed by atoms with van der Waals surface area (Å²) in [6, 6.07) is 6.48. The topological polar surface area (TPSA) is 114 Å². The maximum atomic E-state index is 12.4. The minimum absolute atomic E-state index is 0. The summed E-state index contributed by atoms with van der Waals surface area (Å²) in [5, 5.41) is 0.589. The van der Waals surface area contributed by atoms with Crippen molar-refractivity contribution in [2.24, 2.45) is 0 Å². The normalized spacial score (nSPS) is 12.1. The summed E-state index contributed by atoms with van der Waals surface area (Å²) in [7, 11) is -10.4. The summed E-state index contributed by atoms with van der Waals surface area (Å²) < 4.78 is 74.2. The minimum Gasteiger partial charge on any atom is -0.744 e. The molecular formula is C28H42CaO6S2. The molecule has 0 heterocycles. The maximum Gasteiger partial charge on any atom is 2.00 e. The summed E-state index contributed by atoms with van der Waals surface area (Å²) in [5.74, 6) is 0. The Balaban J connectivity index is 0.00000684. The molecule has 37 heavy (non-hydrogen) atoms. The molecule has 0 N–H and O–H groups in total. The van der Waals surface area contributed by atoms with Gasteiger partial charge in [0.15, 0.2) is 0 Å². The van der Waals surface area contributed by atoms with Crippen molar-refractivity contribution in [1.82, 2.24) is 0 Å². The Morgan fingerprint density at radius 3 is 1.35 bits per heavy atom. The Bertz CT molecular complexity index is 1180. The molecule has 0 spiro atoms. The Morgan fingerprint density at radius 2 is 0.919 bits per heavy atom. The van der Waals surface area contributed by atoms with E-state index >= 15 is 0 Å². The van der Waals surface area contributed by atoms with Gasteiger partial charge in [-0.3, -0.25) is 0 Å². The van der Waals surface area contributed by atoms with Crippen LogP contribution in [-0.2, 0) is 33.1 Å². The number of benzene rings is 2. The van der Waals surface area contributed by atoms with Crippen LogP contribution in [0.2, 0.25) is 0 Å². The molecular weight excluding hydrogens is 537 g/mol. The van der Waals surface area contributed by atoms with Crippen LogP contribution in [0.3, 0.4) is 0 Å². The van der Waals surface area contributed by atoms with Crippen molar-refractivity contribution in [3.05, 3.63) is 35.4 Å². The van der Waals surface area contributed by atoms with Gasteiger partial charge < -0.3 is 9.11 Å². The second kappa shape index (κ2) is 17.5. The molecule has 0 atom stereocenters. The maximum absolute atomic E-state index is 12.4. The van der Waals surface area contributed by atoms with Gasteiger partial charge in [0, 0.05) is 5.39 Å². The Labute approximate surface area is 254 Å². The van der Waals surface area contributed by atoms with Crippen LogP contribution in [0.4, 0.5) is 0 Å². The van der Waals surface area contributed by atoms with Crippen LogP contribution >= 0.6 is 0 Å². The molecule has 0 aliphatic heterocycles. The molecule has 204 valence electrons. The van der Waals surface area contributed by atoms with Crippen molar-refractivity contribution in [2.45, 2.75) is 126 Å². The van der Waals surface area contributed by atoms with Crippen molar-refractivity contribution in [2.75, 3.05) is 0 Å². The molecule has 0 saturated heterocycles. The van der Waals surface area contributed by atoms with E-state index in [1.54, 1.807) is 18.2 Å². The largest absolute Gasteiger partial charge is 2.00 e. The summed E-state index contributed by atoms with van der Waals surface area (Å²) in [5.41, 5.74) is 0.935. The Kier molecular flexibility index (Phi) is 16.4. The summed E-state index contributed by atoms with van der Waals surface area (Å²) in [6.07, 6.45) is 15.4. The van der Waals surface area contributed by atoms with Crippen LogP contribution in [0.25, 0.3) is 10.8 Å². The minimum atomic E-state index is -5.20. The first-order chi connectivity index (χ1) is 17.1. The molecule has 9 heteroatoms. The van der Waals surface area contributed by atoms with E-state index in [9.17, 15) is 25.9 Å². The number of rotatable bonds is 18. The van der Waals surface area contributed by atoms with Gasteiger partial charge in [-0.2, -0.15) is 0 Å². The third-order valence-corrected chi connectivity index (χ3v) is 8.91. The second-order valence-corrected chi connectivity index (χ2v) is 12.4. The van der Waals surface area contributed by atoms with Gasteiger partial charge in [0.2, 0.25) is 0 Å². The monoisotopic (exact) mass is 578 g/mol. The Morgan fingerprint density at radius 1 is 0.541 bits per heavy atom. The average Bonchev–Trinajstić information content (AvgIpc) is 2.81. The molecule has 2 rings (SSSR count). The SMILES string of the molecule is CCCCCCCCCc1c(S(=O)(=O)[O-])c(S(=O)(=O)[O-])c2ccccc2c1CCCCCCCCC.[Ca+2]. The van der Waals surface area contributed by atoms with Gasteiger partial charge in [-0.05, 0) is 42.2 Å². The van der Waals surface area contributed by atoms with Crippen molar-refractivity contribution < 1.29 is 25.9 Å². The van der Waals surface area contributed by atoms with Crippen LogP contribution in [0.1, 0.15) is 115 Å². The fourth-order valence-electron chi connectivity index (χ4n) is 5.08. The predicted octanol–water partition coefficient (Wildman–Crippen LogP) is 6.85. The van der Waals surface area contributed by atoms with E-state index < -0.39 is 30.0 Å². The third kappa shape index (κ3) is 11.1. The third-order valence-electron chi connectivity index (χ3n) is 6.90. The fraction of sp³-hybridized carbons (Fsp3) is 0.643. The van der Waals surface area contributed by atoms with Gasteiger partial charge in [-0.25, -0.2) is 16.8 Å². The number of hydrogen-bond donors (Lipinski definition) is 0. The molecule has 0 amide bonds. The molecule has 0 radical (unpaired) electrons. The van der Waals surface area contributed by atoms with Crippen LogP contribution in [0.15, 0.2) is 34.1 Å². The molecule has 0 fully saturated rings. The zero-order chi connectivity index (χ0) is 26.6. The van der Waals surface area contributed by atoms with Crippen molar-refractivity contribution in [1.29, 1.82) is 0 Å². The summed E-state index contributed by atoms with van der Waals surface area (Å²) in [6.45, 7) is 4.32. The standard InChI is InChI=1S/C28H44O6S2.Ca/c1-3-5-7-9-11-13-15-19-23-24-20-17-18-22-26(24)28(36(32,33)34)27(35(29,30)31)25(23)21-16-14-12-10-8-6-4-2;/h17-18,20,22H,3-16,19,21H2,1-2H3,(H,29,30,31)(H,32,33,34);/q;+2/p-2. The van der Waals surface area contributed by atoms with Crippen LogP contribution < -0.4 is 0 Å². The summed E-state index contributed by atoms with van der Waals surface area (Å²) in [4.78, 5) is -1.70. The number of aryl methyl sites for hydroxylation is 1. The second-order valence-electron chi connectivity index (χ2n) is 9.81. The van der Waals surface area contributed by atoms with Crippen LogP contribution in [0.5, 0.6) is 0 Å². The zero-order valence-corrected chi connectivity index (χ0v) is 26.4. The van der Waals surface area contributed by atoms with Crippen LogP contribution in [0, 0.1) is 0 Å². The number of unbranched alkanes of at least 4 members (excludes halogenated alkanes) is 12. The first-order valence-corrected chi connectivity index (χ1v) is 16.4. The van der Waals surface area contributed by atoms with E-state index in [-0.39, 0.29) is 55.1 Å². The van der Waals surface area contributed by atoms with E-state index in [0.29, 0.717) is 23.8 Å². The summed E-state index contributed by atoms with van der Waals surface area (Å²) >= 11 is 0. The van der Waals surface area contributed by atoms with Crippen LogP contribution in [-0.4, -0.2) is 63.7 Å². The Hall–Kier alpha value is -0.220. The molecule has 0 aliphatic rings. The molecule has 6 nitrogen and oxygen atoms in total. The van der Waals surface area contributed by atoms with E-state index in [0.717, 1.165) is 57.8 Å². The molecule has 0 unspecified atom stereocenters. The number of hydrogen-bond acceptors (Lipinski definition) is 6. The quantitative estimate of drug-likeness (QED) is 0.108. The van der Waals surface area contributed by atoms with Crippen molar-refractivity contribution in [3.8, 4) is 0 Å². The van der Waals surface area contributed by atoms with Crippen molar-refractivity contribution in [3.63, 3.8) is 0 Å². The zero-order valence-electron chi connectivity index (χ0n) is 22.6. The molecule has 0 saturated carbocycles. The smallest absolute Gasteiger partial charge is 0.744 e. The van der Waals surface area contributed by atoms with E-state index in [1.165, 1.54) is 31.7 Å². The predicted molar refractivity (Wildman–Crippen MR) is 149 cm³/mol. The molecule has 0 bridgehead atoms. The van der Waals surface area contributed by atoms with Gasteiger partial charge in [-0.1, -0.05) is 115 Å². The fourth-order valence-corrected chi connectivity index (χ4v) is 7.36. The van der Waals surface area contributed by atoms with Gasteiger partial charge in [0.25, 0.3) is 0 Å². The molecule has 2 aromatic carbocycles. The first-order valence-electron chi connectivity index (χ1n) is 13.6. The van der Waals surface area contributed by atoms with E-state index in [4.69, 9.17) is 0 Å². The molecule has 2 aromatic rings.